The summed E-state index contributed by atoms with van der Waals surface area (Å²) < 4.78 is 80.5. The second-order valence-corrected chi connectivity index (χ2v) is 14.9. The van der Waals surface area contributed by atoms with Crippen LogP contribution in [0.2, 0.25) is 0 Å². The van der Waals surface area contributed by atoms with Crippen molar-refractivity contribution >= 4 is 44.1 Å². The number of esters is 1. The van der Waals surface area contributed by atoms with Crippen molar-refractivity contribution in [2.24, 2.45) is 17.8 Å². The Kier molecular flexibility index (Phi) is 8.07. The van der Waals surface area contributed by atoms with Crippen molar-refractivity contribution in [2.45, 2.75) is 50.5 Å². The van der Waals surface area contributed by atoms with Gasteiger partial charge in [-0.15, -0.1) is 11.3 Å². The molecule has 5 aromatic rings. The quantitative estimate of drug-likeness (QED) is 0.169. The van der Waals surface area contributed by atoms with Gasteiger partial charge in [0.2, 0.25) is 0 Å². The van der Waals surface area contributed by atoms with Crippen molar-refractivity contribution in [1.82, 2.24) is 13.9 Å². The normalized spacial score (nSPS) is 20.9. The second-order valence-electron chi connectivity index (χ2n) is 12.1. The summed E-state index contributed by atoms with van der Waals surface area (Å²) in [7, 11) is -4.37. The van der Waals surface area contributed by atoms with E-state index < -0.39 is 45.0 Å². The summed E-state index contributed by atoms with van der Waals surface area (Å²) in [6.45, 7) is 3.76. The molecule has 3 aliphatic carbocycles. The zero-order valence-electron chi connectivity index (χ0n) is 25.5. The number of hydrogen-bond donors (Lipinski definition) is 1. The maximum atomic E-state index is 16.4. The molecule has 1 N–H and O–H groups in total. The molecule has 0 saturated heterocycles. The summed E-state index contributed by atoms with van der Waals surface area (Å²) in [6.07, 6.45) is 4.60. The largest absolute Gasteiger partial charge is 0.466 e. The Labute approximate surface area is 273 Å². The molecule has 3 fully saturated rings. The molecule has 0 amide bonds. The first kappa shape index (κ1) is 31.4. The Morgan fingerprint density at radius 2 is 1.77 bits per heavy atom. The third-order valence-corrected chi connectivity index (χ3v) is 11.8. The van der Waals surface area contributed by atoms with E-state index in [0.717, 1.165) is 47.5 Å². The summed E-state index contributed by atoms with van der Waals surface area (Å²) in [5.74, 6) is -3.82. The van der Waals surface area contributed by atoms with Crippen molar-refractivity contribution in [2.75, 3.05) is 11.9 Å². The smallest absolute Gasteiger partial charge is 0.311 e. The van der Waals surface area contributed by atoms with Crippen molar-refractivity contribution in [3.63, 3.8) is 0 Å². The zero-order chi connectivity index (χ0) is 33.0. The molecule has 8 rings (SSSR count). The molecule has 3 aromatic heterocycles. The van der Waals surface area contributed by atoms with Crippen molar-refractivity contribution in [3.8, 4) is 22.0 Å². The number of halogens is 3. The van der Waals surface area contributed by atoms with Gasteiger partial charge in [-0.2, -0.15) is 0 Å². The van der Waals surface area contributed by atoms with Crippen LogP contribution in [0.15, 0.2) is 65.0 Å². The highest BCUT2D eigenvalue weighted by Gasteiger charge is 2.48. The first-order valence-electron chi connectivity index (χ1n) is 15.4. The molecule has 3 heterocycles. The van der Waals surface area contributed by atoms with Gasteiger partial charge >= 0.3 is 5.97 Å². The molecule has 3 aliphatic rings. The van der Waals surface area contributed by atoms with E-state index in [1.54, 1.807) is 43.5 Å². The van der Waals surface area contributed by atoms with E-state index in [0.29, 0.717) is 10.9 Å². The molecule has 0 radical (unpaired) electrons. The van der Waals surface area contributed by atoms with Crippen LogP contribution in [-0.4, -0.2) is 41.0 Å². The Bertz CT molecular complexity index is 2090. The monoisotopic (exact) mass is 680 g/mol. The number of carbonyl (C=O) groups excluding carboxylic acids is 1. The van der Waals surface area contributed by atoms with Gasteiger partial charge in [-0.25, -0.2) is 35.5 Å². The number of hydrogen-bond acceptors (Lipinski definition) is 8. The second kappa shape index (κ2) is 12.1. The first-order valence-corrected chi connectivity index (χ1v) is 17.8. The minimum atomic E-state index is -4.37. The predicted molar refractivity (Wildman–Crippen MR) is 173 cm³/mol. The minimum Gasteiger partial charge on any atom is -0.466 e. The number of benzene rings is 2. The fourth-order valence-corrected chi connectivity index (χ4v) is 9.16. The van der Waals surface area contributed by atoms with E-state index in [2.05, 4.69) is 15.3 Å². The standard InChI is InChI=1S/C34H31F3N4O4S2/c1-3-45-34(42)27-19-8-10-20(11-9-19)29(27)38-33-28(37)30(26-5-4-14-46-26)39-32(40-33)24-17-41(31-23(24)15-21(35)16-25(31)36)47(43,44)22-12-6-18(2)7-13-22/h4-7,12-17,19-20,27,29H,3,8-11H2,1-2H3,(H,38,39,40)/t19?,20?,27-,29-/m0/s1. The number of rotatable bonds is 8. The molecule has 2 bridgehead atoms. The summed E-state index contributed by atoms with van der Waals surface area (Å²) in [5.41, 5.74) is 0.351. The molecular weight excluding hydrogens is 650 g/mol. The minimum absolute atomic E-state index is 0.0120. The topological polar surface area (TPSA) is 103 Å². The number of thiophene rings is 1. The van der Waals surface area contributed by atoms with Crippen molar-refractivity contribution < 1.29 is 31.1 Å². The molecule has 8 nitrogen and oxygen atoms in total. The lowest BCUT2D eigenvalue weighted by Crippen LogP contribution is -2.52. The van der Waals surface area contributed by atoms with Gasteiger partial charge in [-0.3, -0.25) is 4.79 Å². The fourth-order valence-electron chi connectivity index (χ4n) is 7.07. The van der Waals surface area contributed by atoms with Gasteiger partial charge in [0, 0.05) is 29.3 Å². The SMILES string of the molecule is CCOC(=O)[C@H]1C2CCC(CC2)[C@@H]1Nc1nc(-c2cn(S(=O)(=O)c3ccc(C)cc3)c3c(F)cc(F)cc23)nc(-c2cccs2)c1F. The number of aryl methyl sites for hydroxylation is 1. The average molecular weight is 681 g/mol. The van der Waals surface area contributed by atoms with Crippen LogP contribution in [0.3, 0.4) is 0 Å². The molecule has 0 unspecified atom stereocenters. The van der Waals surface area contributed by atoms with Crippen LogP contribution < -0.4 is 5.32 Å². The van der Waals surface area contributed by atoms with Gasteiger partial charge in [0.15, 0.2) is 23.3 Å². The number of nitrogens with one attached hydrogen (secondary N) is 1. The zero-order valence-corrected chi connectivity index (χ0v) is 27.2. The molecule has 0 spiro atoms. The first-order chi connectivity index (χ1) is 22.6. The molecule has 0 aliphatic heterocycles. The molecule has 47 heavy (non-hydrogen) atoms. The van der Waals surface area contributed by atoms with Crippen LogP contribution in [0.1, 0.15) is 38.2 Å². The average Bonchev–Trinajstić information content (AvgIpc) is 3.72. The van der Waals surface area contributed by atoms with Gasteiger partial charge < -0.3 is 10.1 Å². The molecule has 3 saturated carbocycles. The van der Waals surface area contributed by atoms with Crippen LogP contribution in [0.4, 0.5) is 19.0 Å². The number of aromatic nitrogens is 3. The number of fused-ring (bicyclic) bond motifs is 4. The summed E-state index contributed by atoms with van der Waals surface area (Å²) in [4.78, 5) is 22.5. The third kappa shape index (κ3) is 5.48. The Morgan fingerprint density at radius 3 is 2.45 bits per heavy atom. The molecular formula is C34H31F3N4O4S2. The highest BCUT2D eigenvalue weighted by Crippen LogP contribution is 2.47. The lowest BCUT2D eigenvalue weighted by atomic mass is 9.61. The lowest BCUT2D eigenvalue weighted by molar-refractivity contribution is -0.154. The van der Waals surface area contributed by atoms with E-state index in [1.807, 2.05) is 0 Å². The number of ether oxygens (including phenoxy) is 1. The van der Waals surface area contributed by atoms with Gasteiger partial charge in [0.05, 0.1) is 22.3 Å². The van der Waals surface area contributed by atoms with E-state index in [-0.39, 0.29) is 57.6 Å². The maximum absolute atomic E-state index is 16.4. The fraction of sp³-hybridized carbons (Fsp3) is 0.324. The summed E-state index contributed by atoms with van der Waals surface area (Å²) in [5, 5.41) is 4.88. The summed E-state index contributed by atoms with van der Waals surface area (Å²) in [6, 6.07) is 10.6. The Hall–Kier alpha value is -4.23. The number of anilines is 1. The van der Waals surface area contributed by atoms with Crippen LogP contribution >= 0.6 is 11.3 Å². The lowest BCUT2D eigenvalue weighted by Gasteiger charge is -2.47. The molecule has 2 aromatic carbocycles. The van der Waals surface area contributed by atoms with Crippen LogP contribution in [0, 0.1) is 42.1 Å². The van der Waals surface area contributed by atoms with Gasteiger partial charge in [0.1, 0.15) is 17.0 Å². The maximum Gasteiger partial charge on any atom is 0.311 e. The van der Waals surface area contributed by atoms with Gasteiger partial charge in [-0.1, -0.05) is 23.8 Å². The van der Waals surface area contributed by atoms with E-state index >= 15 is 8.78 Å². The van der Waals surface area contributed by atoms with Gasteiger partial charge in [-0.05, 0) is 81.0 Å². The Morgan fingerprint density at radius 1 is 1.04 bits per heavy atom. The molecule has 244 valence electrons. The molecule has 2 atom stereocenters. The van der Waals surface area contributed by atoms with Gasteiger partial charge in [0.25, 0.3) is 10.0 Å². The van der Waals surface area contributed by atoms with Crippen molar-refractivity contribution in [1.29, 1.82) is 0 Å². The highest BCUT2D eigenvalue weighted by molar-refractivity contribution is 7.90. The highest BCUT2D eigenvalue weighted by atomic mass is 32.2. The van der Waals surface area contributed by atoms with Crippen LogP contribution in [0.5, 0.6) is 0 Å². The predicted octanol–water partition coefficient (Wildman–Crippen LogP) is 7.57. The van der Waals surface area contributed by atoms with E-state index in [4.69, 9.17) is 4.74 Å². The number of carbonyl (C=O) groups is 1. The van der Waals surface area contributed by atoms with E-state index in [1.165, 1.54) is 23.5 Å². The van der Waals surface area contributed by atoms with Crippen LogP contribution in [0.25, 0.3) is 32.9 Å². The number of nitrogens with zero attached hydrogens (tertiary/aromatic N) is 3. The third-order valence-electron chi connectivity index (χ3n) is 9.29. The summed E-state index contributed by atoms with van der Waals surface area (Å²) >= 11 is 1.24. The van der Waals surface area contributed by atoms with Crippen LogP contribution in [-0.2, 0) is 19.6 Å². The van der Waals surface area contributed by atoms with E-state index in [9.17, 15) is 17.6 Å². The van der Waals surface area contributed by atoms with Crippen molar-refractivity contribution in [3.05, 3.63) is 83.1 Å². The molecule has 13 heteroatoms. The Balaban J connectivity index is 1.42.